The summed E-state index contributed by atoms with van der Waals surface area (Å²) in [6, 6.07) is 0. The Labute approximate surface area is 74.5 Å². The molecule has 1 heterocycles. The molecular formula is C10H17NO. The summed E-state index contributed by atoms with van der Waals surface area (Å²) in [4.78, 5) is 2.27. The molecule has 1 aliphatic rings. The van der Waals surface area contributed by atoms with Crippen molar-refractivity contribution in [3.05, 3.63) is 23.9 Å². The van der Waals surface area contributed by atoms with Gasteiger partial charge in [0.05, 0.1) is 6.61 Å². The van der Waals surface area contributed by atoms with Crippen molar-refractivity contribution >= 4 is 0 Å². The minimum Gasteiger partial charge on any atom is -0.380 e. The Bertz CT molecular complexity index is 184. The Morgan fingerprint density at radius 2 is 2.42 bits per heavy atom. The number of nitrogens with zero attached hydrogens (tertiary/aromatic N) is 1. The molecule has 2 nitrogen and oxygen atoms in total. The van der Waals surface area contributed by atoms with Gasteiger partial charge in [0.25, 0.3) is 0 Å². The van der Waals surface area contributed by atoms with Crippen LogP contribution in [0.4, 0.5) is 0 Å². The van der Waals surface area contributed by atoms with Crippen molar-refractivity contribution in [3.8, 4) is 0 Å². The van der Waals surface area contributed by atoms with Gasteiger partial charge in [0.2, 0.25) is 0 Å². The molecule has 0 amide bonds. The van der Waals surface area contributed by atoms with Crippen molar-refractivity contribution in [2.24, 2.45) is 0 Å². The minimum absolute atomic E-state index is 0.812. The quantitative estimate of drug-likeness (QED) is 0.592. The van der Waals surface area contributed by atoms with E-state index in [9.17, 15) is 0 Å². The molecule has 0 spiro atoms. The number of allylic oxidation sites excluding steroid dienone is 2. The van der Waals surface area contributed by atoms with E-state index in [1.807, 2.05) is 6.92 Å². The molecule has 0 unspecified atom stereocenters. The van der Waals surface area contributed by atoms with Gasteiger partial charge in [0.15, 0.2) is 0 Å². The molecule has 2 heteroatoms. The molecule has 0 fully saturated rings. The third kappa shape index (κ3) is 3.09. The monoisotopic (exact) mass is 167 g/mol. The van der Waals surface area contributed by atoms with Crippen LogP contribution in [0.3, 0.4) is 0 Å². The highest BCUT2D eigenvalue weighted by Crippen LogP contribution is 2.05. The van der Waals surface area contributed by atoms with E-state index in [4.69, 9.17) is 4.74 Å². The normalized spacial score (nSPS) is 16.5. The molecule has 0 atom stereocenters. The van der Waals surface area contributed by atoms with Crippen molar-refractivity contribution < 1.29 is 4.74 Å². The van der Waals surface area contributed by atoms with E-state index in [1.54, 1.807) is 0 Å². The van der Waals surface area contributed by atoms with Crippen molar-refractivity contribution in [2.75, 3.05) is 26.3 Å². The molecule has 0 saturated heterocycles. The van der Waals surface area contributed by atoms with Gasteiger partial charge in [0, 0.05) is 19.7 Å². The Morgan fingerprint density at radius 3 is 3.08 bits per heavy atom. The average Bonchev–Trinajstić information content (AvgIpc) is 2.05. The lowest BCUT2D eigenvalue weighted by molar-refractivity contribution is 0.129. The Morgan fingerprint density at radius 1 is 1.58 bits per heavy atom. The summed E-state index contributed by atoms with van der Waals surface area (Å²) < 4.78 is 5.28. The highest BCUT2D eigenvalue weighted by atomic mass is 16.5. The fraction of sp³-hybridized carbons (Fsp3) is 0.600. The van der Waals surface area contributed by atoms with E-state index in [0.717, 1.165) is 26.3 Å². The van der Waals surface area contributed by atoms with E-state index >= 15 is 0 Å². The second-order valence-electron chi connectivity index (χ2n) is 3.02. The lowest BCUT2D eigenvalue weighted by atomic mass is 10.2. The Hall–Kier alpha value is -0.760. The molecule has 1 aliphatic heterocycles. The van der Waals surface area contributed by atoms with Crippen LogP contribution in [-0.2, 0) is 4.74 Å². The van der Waals surface area contributed by atoms with E-state index in [2.05, 4.69) is 30.2 Å². The first kappa shape index (κ1) is 9.33. The van der Waals surface area contributed by atoms with Gasteiger partial charge in [0.1, 0.15) is 0 Å². The number of hydrogen-bond acceptors (Lipinski definition) is 2. The topological polar surface area (TPSA) is 12.5 Å². The van der Waals surface area contributed by atoms with Crippen molar-refractivity contribution in [3.63, 3.8) is 0 Å². The first-order valence-electron chi connectivity index (χ1n) is 4.48. The van der Waals surface area contributed by atoms with Crippen molar-refractivity contribution in [1.82, 2.24) is 4.90 Å². The third-order valence-corrected chi connectivity index (χ3v) is 1.86. The second kappa shape index (κ2) is 4.99. The minimum atomic E-state index is 0.812. The zero-order valence-electron chi connectivity index (χ0n) is 7.92. The summed E-state index contributed by atoms with van der Waals surface area (Å²) in [5.74, 6) is 0. The maximum Gasteiger partial charge on any atom is 0.0641 e. The van der Waals surface area contributed by atoms with E-state index < -0.39 is 0 Å². The molecule has 1 rings (SSSR count). The molecule has 0 saturated carbocycles. The smallest absolute Gasteiger partial charge is 0.0641 e. The molecule has 0 N–H and O–H groups in total. The standard InChI is InChI=1S/C10H17NO/c1-3-12-8-7-11-6-4-5-10(2)9-11/h4-6H,3,7-9H2,1-2H3. The zero-order chi connectivity index (χ0) is 8.81. The van der Waals surface area contributed by atoms with Crippen LogP contribution in [0, 0.1) is 0 Å². The van der Waals surface area contributed by atoms with Crippen LogP contribution in [0.25, 0.3) is 0 Å². The summed E-state index contributed by atoms with van der Waals surface area (Å²) >= 11 is 0. The largest absolute Gasteiger partial charge is 0.380 e. The molecular weight excluding hydrogens is 150 g/mol. The highest BCUT2D eigenvalue weighted by molar-refractivity contribution is 5.16. The lowest BCUT2D eigenvalue weighted by Gasteiger charge is -2.22. The van der Waals surface area contributed by atoms with Crippen molar-refractivity contribution in [2.45, 2.75) is 13.8 Å². The number of hydrogen-bond donors (Lipinski definition) is 0. The first-order valence-corrected chi connectivity index (χ1v) is 4.48. The second-order valence-corrected chi connectivity index (χ2v) is 3.02. The summed E-state index contributed by atoms with van der Waals surface area (Å²) in [6.45, 7) is 7.86. The van der Waals surface area contributed by atoms with Gasteiger partial charge in [-0.25, -0.2) is 0 Å². The van der Waals surface area contributed by atoms with E-state index in [1.165, 1.54) is 5.57 Å². The van der Waals surface area contributed by atoms with Gasteiger partial charge in [-0.3, -0.25) is 0 Å². The predicted octanol–water partition coefficient (Wildman–Crippen LogP) is 1.80. The van der Waals surface area contributed by atoms with Gasteiger partial charge in [-0.2, -0.15) is 0 Å². The lowest BCUT2D eigenvalue weighted by Crippen LogP contribution is -2.25. The maximum atomic E-state index is 5.28. The van der Waals surface area contributed by atoms with Crippen LogP contribution in [0.2, 0.25) is 0 Å². The highest BCUT2D eigenvalue weighted by Gasteiger charge is 2.02. The van der Waals surface area contributed by atoms with Crippen LogP contribution >= 0.6 is 0 Å². The van der Waals surface area contributed by atoms with Crippen LogP contribution in [0.5, 0.6) is 0 Å². The molecule has 0 radical (unpaired) electrons. The number of ether oxygens (including phenoxy) is 1. The third-order valence-electron chi connectivity index (χ3n) is 1.86. The first-order chi connectivity index (χ1) is 5.83. The van der Waals surface area contributed by atoms with Crippen LogP contribution < -0.4 is 0 Å². The molecule has 0 bridgehead atoms. The average molecular weight is 167 g/mol. The maximum absolute atomic E-state index is 5.28. The van der Waals surface area contributed by atoms with Crippen molar-refractivity contribution in [1.29, 1.82) is 0 Å². The van der Waals surface area contributed by atoms with E-state index in [0.29, 0.717) is 0 Å². The SMILES string of the molecule is CCOCCN1C=CC=C(C)C1. The Kier molecular flexibility index (Phi) is 3.88. The van der Waals surface area contributed by atoms with Gasteiger partial charge in [-0.05, 0) is 26.1 Å². The fourth-order valence-corrected chi connectivity index (χ4v) is 1.23. The fourth-order valence-electron chi connectivity index (χ4n) is 1.23. The number of rotatable bonds is 4. The van der Waals surface area contributed by atoms with Crippen LogP contribution in [-0.4, -0.2) is 31.2 Å². The zero-order valence-corrected chi connectivity index (χ0v) is 7.92. The summed E-state index contributed by atoms with van der Waals surface area (Å²) in [7, 11) is 0. The van der Waals surface area contributed by atoms with Gasteiger partial charge in [-0.1, -0.05) is 11.6 Å². The van der Waals surface area contributed by atoms with E-state index in [-0.39, 0.29) is 0 Å². The molecule has 12 heavy (non-hydrogen) atoms. The molecule has 0 aromatic rings. The van der Waals surface area contributed by atoms with Gasteiger partial charge >= 0.3 is 0 Å². The summed E-state index contributed by atoms with van der Waals surface area (Å²) in [5, 5.41) is 0. The molecule has 68 valence electrons. The molecule has 0 aliphatic carbocycles. The Balaban J connectivity index is 2.18. The summed E-state index contributed by atoms with van der Waals surface area (Å²) in [5.41, 5.74) is 1.41. The molecule has 0 aromatic heterocycles. The van der Waals surface area contributed by atoms with Gasteiger partial charge < -0.3 is 9.64 Å². The predicted molar refractivity (Wildman–Crippen MR) is 51.0 cm³/mol. The summed E-state index contributed by atoms with van der Waals surface area (Å²) in [6.07, 6.45) is 6.36. The van der Waals surface area contributed by atoms with Crippen LogP contribution in [0.1, 0.15) is 13.8 Å². The van der Waals surface area contributed by atoms with Crippen LogP contribution in [0.15, 0.2) is 23.9 Å². The van der Waals surface area contributed by atoms with Gasteiger partial charge in [-0.15, -0.1) is 0 Å². The molecule has 0 aromatic carbocycles.